The van der Waals surface area contributed by atoms with Crippen molar-refractivity contribution in [2.24, 2.45) is 0 Å². The minimum Gasteiger partial charge on any atom is -0.287 e. The van der Waals surface area contributed by atoms with Crippen LogP contribution in [-0.4, -0.2) is 0 Å². The number of hydrogen-bond donors (Lipinski definition) is 0. The predicted octanol–water partition coefficient (Wildman–Crippen LogP) is 8.27. The topological polar surface area (TPSA) is 18.5 Å². The Morgan fingerprint density at radius 2 is 0.636 bits per heavy atom. The maximum Gasteiger partial charge on any atom is 0.208 e. The second-order valence-corrected chi connectivity index (χ2v) is 7.11. The van der Waals surface area contributed by atoms with Gasteiger partial charge in [0.25, 0.3) is 0 Å². The Labute approximate surface area is 164 Å². The van der Waals surface area contributed by atoms with Gasteiger partial charge in [-0.05, 0) is 0 Å². The van der Waals surface area contributed by atoms with Crippen molar-refractivity contribution in [2.75, 3.05) is 0 Å². The quantitative estimate of drug-likeness (QED) is 0.224. The summed E-state index contributed by atoms with van der Waals surface area (Å²) in [6, 6.07) is 0. The molecule has 0 aliphatic carbocycles. The predicted molar refractivity (Wildman–Crippen MR) is 93.2 cm³/mol. The van der Waals surface area contributed by atoms with Gasteiger partial charge in [-0.3, -0.25) is 9.78 Å². The molecule has 10 heteroatoms. The van der Waals surface area contributed by atoms with Crippen molar-refractivity contribution in [1.82, 2.24) is 0 Å². The molecule has 2 nitrogen and oxygen atoms in total. The van der Waals surface area contributed by atoms with Crippen molar-refractivity contribution in [1.29, 1.82) is 0 Å². The first kappa shape index (κ1) is 17.2. The van der Waals surface area contributed by atoms with E-state index in [0.717, 1.165) is 0 Å². The molecule has 0 fully saturated rings. The molecule has 0 amide bonds. The van der Waals surface area contributed by atoms with Gasteiger partial charge in [0.15, 0.2) is 0 Å². The van der Waals surface area contributed by atoms with Crippen molar-refractivity contribution < 1.29 is 9.78 Å². The largest absolute Gasteiger partial charge is 0.287 e. The number of halogens is 8. The Balaban J connectivity index is 2.51. The number of fused-ring (bicyclic) bond motifs is 3. The normalized spacial score (nSPS) is 12.4. The third kappa shape index (κ3) is 2.32. The third-order valence-electron chi connectivity index (χ3n) is 2.91. The van der Waals surface area contributed by atoms with E-state index in [9.17, 15) is 0 Å². The van der Waals surface area contributed by atoms with E-state index in [1.54, 1.807) is 0 Å². The molecule has 2 aromatic carbocycles. The van der Waals surface area contributed by atoms with E-state index >= 15 is 0 Å². The molecule has 0 aromatic heterocycles. The van der Waals surface area contributed by atoms with Crippen LogP contribution >= 0.6 is 92.8 Å². The van der Waals surface area contributed by atoms with Crippen molar-refractivity contribution in [2.45, 2.75) is 0 Å². The Morgan fingerprint density at radius 3 is 0.955 bits per heavy atom. The van der Waals surface area contributed by atoms with Crippen LogP contribution in [0.1, 0.15) is 0 Å². The molecular weight excluding hydrogens is 460 g/mol. The van der Waals surface area contributed by atoms with Gasteiger partial charge in [-0.2, -0.15) is 0 Å². The highest BCUT2D eigenvalue weighted by Gasteiger charge is 2.35. The highest BCUT2D eigenvalue weighted by Crippen LogP contribution is 2.59. The zero-order chi connectivity index (χ0) is 16.3. The number of benzene rings is 2. The van der Waals surface area contributed by atoms with Gasteiger partial charge in [0.1, 0.15) is 10.0 Å². The average molecular weight is 460 g/mol. The Morgan fingerprint density at radius 1 is 0.364 bits per heavy atom. The molecule has 3 rings (SSSR count). The molecule has 22 heavy (non-hydrogen) atoms. The van der Waals surface area contributed by atoms with Gasteiger partial charge < -0.3 is 0 Å². The molecule has 0 unspecified atom stereocenters. The molecule has 0 saturated heterocycles. The molecule has 0 saturated carbocycles. The summed E-state index contributed by atoms with van der Waals surface area (Å²) >= 11 is 48.8. The van der Waals surface area contributed by atoms with Crippen LogP contribution in [0.25, 0.3) is 11.1 Å². The second kappa shape index (κ2) is 6.02. The van der Waals surface area contributed by atoms with Gasteiger partial charge in [0.05, 0.1) is 41.3 Å². The lowest BCUT2D eigenvalue weighted by Crippen LogP contribution is -2.11. The van der Waals surface area contributed by atoms with Crippen LogP contribution in [0.4, 0.5) is 0 Å². The fourth-order valence-electron chi connectivity index (χ4n) is 1.91. The minimum absolute atomic E-state index is 0.00924. The molecule has 0 atom stereocenters. The van der Waals surface area contributed by atoms with Crippen molar-refractivity contribution >= 4 is 92.8 Å². The monoisotopic (exact) mass is 456 g/mol. The smallest absolute Gasteiger partial charge is 0.208 e. The van der Waals surface area contributed by atoms with Gasteiger partial charge in [0.2, 0.25) is 11.5 Å². The van der Waals surface area contributed by atoms with Crippen molar-refractivity contribution in [3.63, 3.8) is 0 Å². The van der Waals surface area contributed by atoms with Crippen LogP contribution in [0.5, 0.6) is 11.5 Å². The third-order valence-corrected chi connectivity index (χ3v) is 6.48. The number of hydrogen-bond acceptors (Lipinski definition) is 2. The highest BCUT2D eigenvalue weighted by molar-refractivity contribution is 6.56. The van der Waals surface area contributed by atoms with Crippen molar-refractivity contribution in [3.05, 3.63) is 40.2 Å². The lowest BCUT2D eigenvalue weighted by Gasteiger charge is -2.24. The van der Waals surface area contributed by atoms with E-state index in [0.29, 0.717) is 0 Å². The van der Waals surface area contributed by atoms with E-state index in [-0.39, 0.29) is 62.8 Å². The zero-order valence-electron chi connectivity index (χ0n) is 9.84. The van der Waals surface area contributed by atoms with Gasteiger partial charge in [-0.25, -0.2) is 0 Å². The molecule has 1 aliphatic heterocycles. The highest BCUT2D eigenvalue weighted by atomic mass is 35.5. The van der Waals surface area contributed by atoms with E-state index in [1.807, 2.05) is 0 Å². The van der Waals surface area contributed by atoms with Gasteiger partial charge >= 0.3 is 0 Å². The lowest BCUT2D eigenvalue weighted by atomic mass is 10.0. The van der Waals surface area contributed by atoms with Crippen LogP contribution in [0.15, 0.2) is 0 Å². The Kier molecular flexibility index (Phi) is 4.70. The van der Waals surface area contributed by atoms with Crippen LogP contribution in [0.2, 0.25) is 40.2 Å². The second-order valence-electron chi connectivity index (χ2n) is 4.09. The van der Waals surface area contributed by atoms with E-state index in [1.165, 1.54) is 0 Å². The lowest BCUT2D eigenvalue weighted by molar-refractivity contribution is -0.102. The van der Waals surface area contributed by atoms with Crippen LogP contribution in [0, 0.1) is 0 Å². The van der Waals surface area contributed by atoms with Crippen LogP contribution < -0.4 is 9.78 Å². The summed E-state index contributed by atoms with van der Waals surface area (Å²) in [5.41, 5.74) is 0.514. The molecule has 0 bridgehead atoms. The maximum atomic E-state index is 6.24. The summed E-state index contributed by atoms with van der Waals surface area (Å²) in [6.07, 6.45) is 0. The van der Waals surface area contributed by atoms with Gasteiger partial charge in [-0.1, -0.05) is 92.8 Å². The van der Waals surface area contributed by atoms with Gasteiger partial charge in [0, 0.05) is 0 Å². The molecule has 1 heterocycles. The van der Waals surface area contributed by atoms with Crippen LogP contribution in [-0.2, 0) is 0 Å². The standard InChI is InChI=1S/C12Cl8O2/c13-3-1-2-4(14)6(16)8(18)10(20)12(2)22-21-11(1)9(19)7(17)5(3)15. The molecule has 0 N–H and O–H groups in total. The van der Waals surface area contributed by atoms with Gasteiger partial charge in [-0.15, -0.1) is 0 Å². The Hall–Kier alpha value is 0.360. The van der Waals surface area contributed by atoms with E-state index in [2.05, 4.69) is 0 Å². The minimum atomic E-state index is 0.00924. The fourth-order valence-corrected chi connectivity index (χ4v) is 3.83. The SMILES string of the molecule is Clc1c(Cl)c(Cl)c2c(c1Cl)OOc1c(Cl)c(Cl)c(Cl)c(Cl)c1-2. The van der Waals surface area contributed by atoms with Crippen LogP contribution in [0.3, 0.4) is 0 Å². The van der Waals surface area contributed by atoms with E-state index in [4.69, 9.17) is 103 Å². The summed E-state index contributed by atoms with van der Waals surface area (Å²) in [5.74, 6) is 0.0924. The summed E-state index contributed by atoms with van der Waals surface area (Å²) in [5, 5.41) is 0.232. The summed E-state index contributed by atoms with van der Waals surface area (Å²) < 4.78 is 0. The maximum absolute atomic E-state index is 6.24. The molecular formula is C12Cl8O2. The molecule has 0 spiro atoms. The first-order chi connectivity index (χ1) is 10.3. The molecule has 2 aromatic rings. The molecule has 1 aliphatic rings. The summed E-state index contributed by atoms with van der Waals surface area (Å²) in [6.45, 7) is 0. The molecule has 0 radical (unpaired) electrons. The summed E-state index contributed by atoms with van der Waals surface area (Å²) in [7, 11) is 0. The molecule has 116 valence electrons. The first-order valence-electron chi connectivity index (χ1n) is 5.34. The Bertz CT molecular complexity index is 764. The van der Waals surface area contributed by atoms with E-state index < -0.39 is 0 Å². The fraction of sp³-hybridized carbons (Fsp3) is 0. The average Bonchev–Trinajstić information content (AvgIpc) is 2.52. The van der Waals surface area contributed by atoms with Crippen molar-refractivity contribution in [3.8, 4) is 22.6 Å². The number of rotatable bonds is 0. The zero-order valence-corrected chi connectivity index (χ0v) is 15.9. The first-order valence-corrected chi connectivity index (χ1v) is 8.36. The summed E-state index contributed by atoms with van der Waals surface area (Å²) in [4.78, 5) is 10.2.